The van der Waals surface area contributed by atoms with E-state index in [-0.39, 0.29) is 5.75 Å². The van der Waals surface area contributed by atoms with Crippen molar-refractivity contribution in [2.24, 2.45) is 0 Å². The average molecular weight is 277 g/mol. The Morgan fingerprint density at radius 1 is 1.16 bits per heavy atom. The van der Waals surface area contributed by atoms with E-state index in [0.29, 0.717) is 18.7 Å². The third-order valence-corrected chi connectivity index (χ3v) is 2.47. The lowest BCUT2D eigenvalue weighted by Crippen LogP contribution is -2.20. The van der Waals surface area contributed by atoms with Crippen LogP contribution in [0.25, 0.3) is 0 Å². The second-order valence-electron chi connectivity index (χ2n) is 4.03. The van der Waals surface area contributed by atoms with Crippen LogP contribution in [-0.2, 0) is 11.3 Å². The lowest BCUT2D eigenvalue weighted by atomic mass is 10.2. The topological polar surface area (TPSA) is 30.5 Å². The number of ether oxygens (including phenoxy) is 2. The van der Waals surface area contributed by atoms with Crippen LogP contribution in [0.1, 0.15) is 18.4 Å². The van der Waals surface area contributed by atoms with Gasteiger partial charge < -0.3 is 14.8 Å². The summed E-state index contributed by atoms with van der Waals surface area (Å²) < 4.78 is 45.5. The van der Waals surface area contributed by atoms with E-state index in [1.807, 2.05) is 0 Å². The van der Waals surface area contributed by atoms with Gasteiger partial charge in [0, 0.05) is 25.8 Å². The zero-order valence-corrected chi connectivity index (χ0v) is 10.8. The number of benzene rings is 1. The van der Waals surface area contributed by atoms with E-state index in [1.54, 1.807) is 19.2 Å². The van der Waals surface area contributed by atoms with Crippen molar-refractivity contribution in [3.63, 3.8) is 0 Å². The highest BCUT2D eigenvalue weighted by Crippen LogP contribution is 2.25. The summed E-state index contributed by atoms with van der Waals surface area (Å²) in [7, 11) is 1.64. The molecule has 0 bridgehead atoms. The largest absolute Gasteiger partial charge is 0.573 e. The maximum atomic E-state index is 12.2. The standard InChI is InChI=1S/C13H18F3NO2/c1-18-9-5-4-8-17-10-11-6-2-3-7-12(11)19-13(14,15)16/h2-3,6-7,17H,4-5,8-10H2,1H3. The Balaban J connectivity index is 2.40. The zero-order valence-electron chi connectivity index (χ0n) is 10.8. The van der Waals surface area contributed by atoms with Crippen LogP contribution < -0.4 is 10.1 Å². The molecule has 0 heterocycles. The second-order valence-corrected chi connectivity index (χ2v) is 4.03. The van der Waals surface area contributed by atoms with Crippen LogP contribution in [0.3, 0.4) is 0 Å². The molecular weight excluding hydrogens is 259 g/mol. The quantitative estimate of drug-likeness (QED) is 0.741. The van der Waals surface area contributed by atoms with Crippen molar-refractivity contribution in [1.82, 2.24) is 5.32 Å². The molecule has 0 radical (unpaired) electrons. The molecule has 0 aromatic heterocycles. The molecule has 6 heteroatoms. The average Bonchev–Trinajstić information content (AvgIpc) is 2.33. The smallest absolute Gasteiger partial charge is 0.405 e. The van der Waals surface area contributed by atoms with Crippen LogP contribution in [0.2, 0.25) is 0 Å². The van der Waals surface area contributed by atoms with Crippen LogP contribution in [0, 0.1) is 0 Å². The van der Waals surface area contributed by atoms with Crippen molar-refractivity contribution < 1.29 is 22.6 Å². The minimum atomic E-state index is -4.66. The van der Waals surface area contributed by atoms with E-state index in [4.69, 9.17) is 4.74 Å². The molecule has 0 aliphatic rings. The number of rotatable bonds is 8. The highest BCUT2D eigenvalue weighted by Gasteiger charge is 2.31. The summed E-state index contributed by atoms with van der Waals surface area (Å²) in [5.41, 5.74) is 0.492. The van der Waals surface area contributed by atoms with Crippen molar-refractivity contribution in [2.75, 3.05) is 20.3 Å². The van der Waals surface area contributed by atoms with Gasteiger partial charge in [-0.2, -0.15) is 0 Å². The number of para-hydroxylation sites is 1. The van der Waals surface area contributed by atoms with Crippen LogP contribution in [0.4, 0.5) is 13.2 Å². The summed E-state index contributed by atoms with van der Waals surface area (Å²) in [4.78, 5) is 0. The van der Waals surface area contributed by atoms with E-state index in [9.17, 15) is 13.2 Å². The molecule has 0 amide bonds. The van der Waals surface area contributed by atoms with Gasteiger partial charge in [-0.15, -0.1) is 13.2 Å². The molecule has 0 spiro atoms. The highest BCUT2D eigenvalue weighted by molar-refractivity contribution is 5.33. The fourth-order valence-corrected chi connectivity index (χ4v) is 1.59. The Hall–Kier alpha value is -1.27. The van der Waals surface area contributed by atoms with Crippen molar-refractivity contribution in [3.8, 4) is 5.75 Å². The minimum absolute atomic E-state index is 0.153. The Morgan fingerprint density at radius 2 is 1.89 bits per heavy atom. The first-order valence-electron chi connectivity index (χ1n) is 6.06. The molecule has 1 aromatic carbocycles. The number of methoxy groups -OCH3 is 1. The monoisotopic (exact) mass is 277 g/mol. The molecule has 3 nitrogen and oxygen atoms in total. The van der Waals surface area contributed by atoms with E-state index < -0.39 is 6.36 Å². The SMILES string of the molecule is COCCCCNCc1ccccc1OC(F)(F)F. The van der Waals surface area contributed by atoms with E-state index >= 15 is 0 Å². The molecule has 108 valence electrons. The fourth-order valence-electron chi connectivity index (χ4n) is 1.59. The molecule has 1 rings (SSSR count). The van der Waals surface area contributed by atoms with Crippen LogP contribution in [0.5, 0.6) is 5.75 Å². The van der Waals surface area contributed by atoms with Gasteiger partial charge in [0.1, 0.15) is 5.75 Å². The minimum Gasteiger partial charge on any atom is -0.405 e. The lowest BCUT2D eigenvalue weighted by Gasteiger charge is -2.13. The molecule has 0 fully saturated rings. The third kappa shape index (κ3) is 7.03. The first-order valence-corrected chi connectivity index (χ1v) is 6.06. The summed E-state index contributed by atoms with van der Waals surface area (Å²) in [5, 5.41) is 3.08. The van der Waals surface area contributed by atoms with Crippen molar-refractivity contribution >= 4 is 0 Å². The zero-order chi connectivity index (χ0) is 14.1. The summed E-state index contributed by atoms with van der Waals surface area (Å²) in [6.45, 7) is 1.76. The number of halogens is 3. The Kier molecular flexibility index (Phi) is 6.66. The summed E-state index contributed by atoms with van der Waals surface area (Å²) in [6, 6.07) is 6.13. The third-order valence-electron chi connectivity index (χ3n) is 2.47. The molecular formula is C13H18F3NO2. The van der Waals surface area contributed by atoms with Gasteiger partial charge in [0.2, 0.25) is 0 Å². The van der Waals surface area contributed by atoms with Gasteiger partial charge >= 0.3 is 6.36 Å². The van der Waals surface area contributed by atoms with E-state index in [1.165, 1.54) is 12.1 Å². The summed E-state index contributed by atoms with van der Waals surface area (Å²) in [5.74, 6) is -0.153. The van der Waals surface area contributed by atoms with Crippen LogP contribution in [-0.4, -0.2) is 26.6 Å². The lowest BCUT2D eigenvalue weighted by molar-refractivity contribution is -0.274. The molecule has 1 aromatic rings. The van der Waals surface area contributed by atoms with E-state index in [2.05, 4.69) is 10.1 Å². The molecule has 0 saturated carbocycles. The molecule has 0 unspecified atom stereocenters. The molecule has 1 N–H and O–H groups in total. The van der Waals surface area contributed by atoms with Crippen LogP contribution in [0.15, 0.2) is 24.3 Å². The van der Waals surface area contributed by atoms with Gasteiger partial charge in [-0.1, -0.05) is 18.2 Å². The number of hydrogen-bond donors (Lipinski definition) is 1. The fraction of sp³-hybridized carbons (Fsp3) is 0.538. The summed E-state index contributed by atoms with van der Waals surface area (Å²) in [6.07, 6.45) is -2.82. The highest BCUT2D eigenvalue weighted by atomic mass is 19.4. The first-order chi connectivity index (χ1) is 9.03. The maximum Gasteiger partial charge on any atom is 0.573 e. The number of alkyl halides is 3. The number of hydrogen-bond acceptors (Lipinski definition) is 3. The van der Waals surface area contributed by atoms with Gasteiger partial charge in [0.25, 0.3) is 0 Å². The molecule has 0 saturated heterocycles. The van der Waals surface area contributed by atoms with Crippen molar-refractivity contribution in [2.45, 2.75) is 25.7 Å². The maximum absolute atomic E-state index is 12.2. The Morgan fingerprint density at radius 3 is 2.58 bits per heavy atom. The Labute approximate surface area is 110 Å². The normalized spacial score (nSPS) is 11.6. The molecule has 0 aliphatic carbocycles. The predicted octanol–water partition coefficient (Wildman–Crippen LogP) is 3.10. The summed E-state index contributed by atoms with van der Waals surface area (Å²) >= 11 is 0. The number of unbranched alkanes of at least 4 members (excludes halogenated alkanes) is 1. The molecule has 0 aliphatic heterocycles. The molecule has 0 atom stereocenters. The predicted molar refractivity (Wildman–Crippen MR) is 65.9 cm³/mol. The van der Waals surface area contributed by atoms with Crippen LogP contribution >= 0.6 is 0 Å². The first kappa shape index (κ1) is 15.8. The van der Waals surface area contributed by atoms with Crippen molar-refractivity contribution in [1.29, 1.82) is 0 Å². The van der Waals surface area contributed by atoms with Gasteiger partial charge in [-0.05, 0) is 25.5 Å². The van der Waals surface area contributed by atoms with Gasteiger partial charge in [0.15, 0.2) is 0 Å². The molecule has 19 heavy (non-hydrogen) atoms. The van der Waals surface area contributed by atoms with Gasteiger partial charge in [-0.3, -0.25) is 0 Å². The second kappa shape index (κ2) is 8.01. The number of nitrogens with one attached hydrogen (secondary N) is 1. The van der Waals surface area contributed by atoms with Gasteiger partial charge in [0.05, 0.1) is 0 Å². The van der Waals surface area contributed by atoms with E-state index in [0.717, 1.165) is 19.4 Å². The Bertz CT molecular complexity index is 369. The van der Waals surface area contributed by atoms with Crippen molar-refractivity contribution in [3.05, 3.63) is 29.8 Å². The van der Waals surface area contributed by atoms with Gasteiger partial charge in [-0.25, -0.2) is 0 Å².